The Morgan fingerprint density at radius 1 is 1.40 bits per heavy atom. The summed E-state index contributed by atoms with van der Waals surface area (Å²) in [6, 6.07) is 0. The van der Waals surface area contributed by atoms with E-state index in [4.69, 9.17) is 11.6 Å². The number of hydrogen-bond acceptors (Lipinski definition) is 5. The first kappa shape index (κ1) is 9.85. The lowest BCUT2D eigenvalue weighted by molar-refractivity contribution is 0.762. The number of rotatable bonds is 3. The molecule has 0 aliphatic rings. The van der Waals surface area contributed by atoms with Crippen LogP contribution in [0.15, 0.2) is 18.9 Å². The maximum absolute atomic E-state index is 5.62. The fraction of sp³-hybridized carbons (Fsp3) is 0.250. The average Bonchev–Trinajstić information content (AvgIpc) is 2.65. The van der Waals surface area contributed by atoms with Crippen molar-refractivity contribution in [2.45, 2.75) is 13.5 Å². The average molecular weight is 225 g/mol. The third-order valence-corrected chi connectivity index (χ3v) is 1.96. The molecule has 6 nitrogen and oxygen atoms in total. The summed E-state index contributed by atoms with van der Waals surface area (Å²) in [5.74, 6) is 1.07. The van der Waals surface area contributed by atoms with Gasteiger partial charge in [0.2, 0.25) is 11.2 Å². The van der Waals surface area contributed by atoms with Crippen LogP contribution < -0.4 is 5.32 Å². The Balaban J connectivity index is 2.14. The van der Waals surface area contributed by atoms with Crippen molar-refractivity contribution in [3.63, 3.8) is 0 Å². The first-order valence-corrected chi connectivity index (χ1v) is 4.79. The minimum atomic E-state index is 0.155. The van der Waals surface area contributed by atoms with E-state index in [-0.39, 0.29) is 5.28 Å². The lowest BCUT2D eigenvalue weighted by Gasteiger charge is -1.99. The Bertz CT molecular complexity index is 454. The van der Waals surface area contributed by atoms with Gasteiger partial charge in [0.15, 0.2) is 5.82 Å². The fourth-order valence-corrected chi connectivity index (χ4v) is 1.17. The predicted molar refractivity (Wildman–Crippen MR) is 56.0 cm³/mol. The van der Waals surface area contributed by atoms with Gasteiger partial charge in [-0.15, -0.1) is 0 Å². The molecule has 0 bridgehead atoms. The Morgan fingerprint density at radius 3 is 2.93 bits per heavy atom. The molecule has 0 fully saturated rings. The first-order chi connectivity index (χ1) is 7.28. The van der Waals surface area contributed by atoms with Gasteiger partial charge in [-0.3, -0.25) is 0 Å². The third-order valence-electron chi connectivity index (χ3n) is 1.78. The van der Waals surface area contributed by atoms with Gasteiger partial charge in [0.25, 0.3) is 0 Å². The van der Waals surface area contributed by atoms with Crippen LogP contribution >= 0.6 is 11.6 Å². The number of aryl methyl sites for hydroxylation is 1. The fourth-order valence-electron chi connectivity index (χ4n) is 1.05. The number of nitrogens with one attached hydrogen (secondary N) is 1. The lowest BCUT2D eigenvalue weighted by Crippen LogP contribution is -1.98. The van der Waals surface area contributed by atoms with Gasteiger partial charge >= 0.3 is 0 Å². The molecule has 0 amide bonds. The normalized spacial score (nSPS) is 10.3. The third kappa shape index (κ3) is 2.41. The summed E-state index contributed by atoms with van der Waals surface area (Å²) in [6.45, 7) is 2.90. The van der Waals surface area contributed by atoms with E-state index in [2.05, 4.69) is 25.3 Å². The molecule has 2 heterocycles. The highest BCUT2D eigenvalue weighted by molar-refractivity contribution is 6.28. The smallest absolute Gasteiger partial charge is 0.232 e. The molecule has 0 spiro atoms. The van der Waals surface area contributed by atoms with Crippen LogP contribution in [0.1, 0.15) is 6.92 Å². The summed E-state index contributed by atoms with van der Waals surface area (Å²) in [6.07, 6.45) is 4.93. The Morgan fingerprint density at radius 2 is 2.27 bits per heavy atom. The number of nitrogens with zero attached hydrogens (tertiary/aromatic N) is 5. The maximum Gasteiger partial charge on any atom is 0.232 e. The van der Waals surface area contributed by atoms with Crippen LogP contribution in [0.4, 0.5) is 11.8 Å². The number of imidazole rings is 1. The molecular formula is C8H9ClN6. The molecule has 1 N–H and O–H groups in total. The molecule has 2 rings (SSSR count). The van der Waals surface area contributed by atoms with E-state index >= 15 is 0 Å². The number of hydrogen-bond donors (Lipinski definition) is 1. The highest BCUT2D eigenvalue weighted by atomic mass is 35.5. The van der Waals surface area contributed by atoms with Gasteiger partial charge in [0.05, 0.1) is 6.33 Å². The van der Waals surface area contributed by atoms with Crippen LogP contribution in [0.2, 0.25) is 5.28 Å². The molecule has 7 heteroatoms. The maximum atomic E-state index is 5.62. The van der Waals surface area contributed by atoms with E-state index < -0.39 is 0 Å². The minimum Gasteiger partial charge on any atom is -0.336 e. The standard InChI is InChI=1S/C8H9ClN6/c1-2-15-3-6(12-5-15)13-8-11-4-10-7(9)14-8/h3-5H,2H2,1H3,(H,10,11,13,14). The van der Waals surface area contributed by atoms with Crippen molar-refractivity contribution in [1.29, 1.82) is 0 Å². The summed E-state index contributed by atoms with van der Waals surface area (Å²) in [4.78, 5) is 15.6. The second-order valence-electron chi connectivity index (χ2n) is 2.79. The van der Waals surface area contributed by atoms with E-state index in [0.717, 1.165) is 6.54 Å². The van der Waals surface area contributed by atoms with E-state index in [9.17, 15) is 0 Å². The zero-order valence-corrected chi connectivity index (χ0v) is 8.81. The van der Waals surface area contributed by atoms with Crippen LogP contribution in [0.25, 0.3) is 0 Å². The van der Waals surface area contributed by atoms with Crippen molar-refractivity contribution < 1.29 is 0 Å². The van der Waals surface area contributed by atoms with Crippen LogP contribution in [-0.4, -0.2) is 24.5 Å². The Hall–Kier alpha value is -1.69. The largest absolute Gasteiger partial charge is 0.336 e. The molecule has 0 saturated heterocycles. The lowest BCUT2D eigenvalue weighted by atomic mass is 10.7. The van der Waals surface area contributed by atoms with Crippen molar-refractivity contribution >= 4 is 23.4 Å². The predicted octanol–water partition coefficient (Wildman–Crippen LogP) is 1.48. The monoisotopic (exact) mass is 224 g/mol. The highest BCUT2D eigenvalue weighted by Crippen LogP contribution is 2.10. The number of aromatic nitrogens is 5. The molecule has 0 atom stereocenters. The van der Waals surface area contributed by atoms with Crippen LogP contribution in [0.5, 0.6) is 0 Å². The second kappa shape index (κ2) is 4.22. The summed E-state index contributed by atoms with van der Waals surface area (Å²) < 4.78 is 1.94. The van der Waals surface area contributed by atoms with Crippen molar-refractivity contribution in [2.24, 2.45) is 0 Å². The molecule has 0 aliphatic carbocycles. The van der Waals surface area contributed by atoms with E-state index in [0.29, 0.717) is 11.8 Å². The molecule has 0 unspecified atom stereocenters. The zero-order chi connectivity index (χ0) is 10.7. The summed E-state index contributed by atoms with van der Waals surface area (Å²) in [5, 5.41) is 3.08. The molecule has 78 valence electrons. The number of halogens is 1. The van der Waals surface area contributed by atoms with Crippen molar-refractivity contribution in [2.75, 3.05) is 5.32 Å². The highest BCUT2D eigenvalue weighted by Gasteiger charge is 2.01. The molecule has 15 heavy (non-hydrogen) atoms. The molecule has 0 aromatic carbocycles. The second-order valence-corrected chi connectivity index (χ2v) is 3.13. The summed E-state index contributed by atoms with van der Waals surface area (Å²) >= 11 is 5.62. The first-order valence-electron chi connectivity index (χ1n) is 4.41. The molecular weight excluding hydrogens is 216 g/mol. The van der Waals surface area contributed by atoms with Gasteiger partial charge in [0.1, 0.15) is 6.33 Å². The SMILES string of the molecule is CCn1cnc(Nc2ncnc(Cl)n2)c1. The van der Waals surface area contributed by atoms with Crippen molar-refractivity contribution in [3.8, 4) is 0 Å². The molecule has 0 radical (unpaired) electrons. The Labute approximate surface area is 91.4 Å². The van der Waals surface area contributed by atoms with E-state index in [1.54, 1.807) is 6.33 Å². The van der Waals surface area contributed by atoms with Crippen LogP contribution in [0.3, 0.4) is 0 Å². The van der Waals surface area contributed by atoms with Gasteiger partial charge in [-0.05, 0) is 18.5 Å². The molecule has 2 aromatic rings. The van der Waals surface area contributed by atoms with E-state index in [1.165, 1.54) is 6.33 Å². The Kier molecular flexibility index (Phi) is 2.77. The van der Waals surface area contributed by atoms with Crippen LogP contribution in [0, 0.1) is 0 Å². The van der Waals surface area contributed by atoms with Crippen molar-refractivity contribution in [3.05, 3.63) is 24.1 Å². The van der Waals surface area contributed by atoms with E-state index in [1.807, 2.05) is 17.7 Å². The minimum absolute atomic E-state index is 0.155. The van der Waals surface area contributed by atoms with Gasteiger partial charge in [-0.2, -0.15) is 4.98 Å². The van der Waals surface area contributed by atoms with Gasteiger partial charge in [-0.1, -0.05) is 0 Å². The molecule has 2 aromatic heterocycles. The topological polar surface area (TPSA) is 68.5 Å². The quantitative estimate of drug-likeness (QED) is 0.856. The summed E-state index contributed by atoms with van der Waals surface area (Å²) in [5.41, 5.74) is 0. The zero-order valence-electron chi connectivity index (χ0n) is 8.05. The van der Waals surface area contributed by atoms with Crippen LogP contribution in [-0.2, 0) is 6.54 Å². The molecule has 0 aliphatic heterocycles. The molecule has 0 saturated carbocycles. The van der Waals surface area contributed by atoms with Gasteiger partial charge in [-0.25, -0.2) is 15.0 Å². The van der Waals surface area contributed by atoms with Crippen molar-refractivity contribution in [1.82, 2.24) is 24.5 Å². The summed E-state index contributed by atoms with van der Waals surface area (Å²) in [7, 11) is 0. The van der Waals surface area contributed by atoms with Gasteiger partial charge < -0.3 is 9.88 Å². The van der Waals surface area contributed by atoms with Gasteiger partial charge in [0, 0.05) is 12.7 Å². The number of anilines is 2.